The lowest BCUT2D eigenvalue weighted by atomic mass is 10.2. The van der Waals surface area contributed by atoms with Crippen molar-refractivity contribution in [3.63, 3.8) is 0 Å². The molecule has 0 saturated carbocycles. The van der Waals surface area contributed by atoms with Crippen LogP contribution in [-0.4, -0.2) is 9.85 Å². The molecule has 1 aromatic carbocycles. The first kappa shape index (κ1) is 12.5. The summed E-state index contributed by atoms with van der Waals surface area (Å²) in [7, 11) is 0. The molecule has 1 aromatic rings. The molecule has 1 aliphatic heterocycles. The number of hydrogen-bond donors (Lipinski definition) is 0. The number of alkyl halides is 1. The maximum Gasteiger partial charge on any atom is 0.103 e. The maximum atomic E-state index is 3.60. The molecule has 1 atom stereocenters. The first-order valence-electron chi connectivity index (χ1n) is 4.65. The molecular formula is C12H13Br2N. The van der Waals surface area contributed by atoms with E-state index in [1.807, 2.05) is 6.07 Å². The van der Waals surface area contributed by atoms with Crippen LogP contribution in [0.5, 0.6) is 0 Å². The van der Waals surface area contributed by atoms with Gasteiger partial charge in [0.05, 0.1) is 0 Å². The SMILES string of the molecule is Br.BrC1C=CC=CN1Cc1ccccc1. The molecule has 0 aromatic heterocycles. The minimum atomic E-state index is 0. The standard InChI is InChI=1S/C12H12BrN.BrH/c13-12-8-4-5-9-14(12)10-11-6-2-1-3-7-11;/h1-9,12H,10H2;1H. The summed E-state index contributed by atoms with van der Waals surface area (Å²) in [5, 5.41) is 0. The molecule has 80 valence electrons. The molecule has 2 rings (SSSR count). The van der Waals surface area contributed by atoms with E-state index in [0.29, 0.717) is 4.95 Å². The highest BCUT2D eigenvalue weighted by Crippen LogP contribution is 2.17. The third-order valence-electron chi connectivity index (χ3n) is 2.18. The van der Waals surface area contributed by atoms with Crippen LogP contribution in [-0.2, 0) is 6.54 Å². The molecule has 0 saturated heterocycles. The lowest BCUT2D eigenvalue weighted by Gasteiger charge is -2.26. The van der Waals surface area contributed by atoms with E-state index in [-0.39, 0.29) is 17.0 Å². The van der Waals surface area contributed by atoms with Gasteiger partial charge in [0.25, 0.3) is 0 Å². The van der Waals surface area contributed by atoms with Gasteiger partial charge in [-0.2, -0.15) is 0 Å². The van der Waals surface area contributed by atoms with Crippen molar-refractivity contribution in [2.24, 2.45) is 0 Å². The summed E-state index contributed by atoms with van der Waals surface area (Å²) < 4.78 is 0. The Morgan fingerprint density at radius 1 is 1.13 bits per heavy atom. The number of benzene rings is 1. The Bertz CT molecular complexity index is 346. The maximum absolute atomic E-state index is 3.60. The first-order chi connectivity index (χ1) is 6.86. The molecule has 0 bridgehead atoms. The zero-order chi connectivity index (χ0) is 9.80. The van der Waals surface area contributed by atoms with Crippen molar-refractivity contribution in [2.75, 3.05) is 0 Å². The molecule has 0 N–H and O–H groups in total. The van der Waals surface area contributed by atoms with Gasteiger partial charge in [-0.3, -0.25) is 0 Å². The third-order valence-corrected chi connectivity index (χ3v) is 3.01. The van der Waals surface area contributed by atoms with Crippen LogP contribution >= 0.6 is 32.9 Å². The van der Waals surface area contributed by atoms with Gasteiger partial charge >= 0.3 is 0 Å². The van der Waals surface area contributed by atoms with Gasteiger partial charge in [-0.25, -0.2) is 0 Å². The Morgan fingerprint density at radius 3 is 2.53 bits per heavy atom. The highest BCUT2D eigenvalue weighted by molar-refractivity contribution is 9.09. The summed E-state index contributed by atoms with van der Waals surface area (Å²) in [5.74, 6) is 0. The van der Waals surface area contributed by atoms with E-state index in [1.165, 1.54) is 5.56 Å². The van der Waals surface area contributed by atoms with E-state index >= 15 is 0 Å². The Hall–Kier alpha value is -0.540. The lowest BCUT2D eigenvalue weighted by Crippen LogP contribution is -2.24. The van der Waals surface area contributed by atoms with Gasteiger partial charge in [0.15, 0.2) is 0 Å². The highest BCUT2D eigenvalue weighted by Gasteiger charge is 2.10. The Balaban J connectivity index is 0.00000112. The lowest BCUT2D eigenvalue weighted by molar-refractivity contribution is 0.385. The molecule has 1 heterocycles. The Kier molecular flexibility index (Phi) is 5.12. The first-order valence-corrected chi connectivity index (χ1v) is 5.56. The zero-order valence-corrected chi connectivity index (χ0v) is 11.5. The topological polar surface area (TPSA) is 3.24 Å². The second-order valence-electron chi connectivity index (χ2n) is 3.26. The van der Waals surface area contributed by atoms with Crippen molar-refractivity contribution in [1.29, 1.82) is 0 Å². The van der Waals surface area contributed by atoms with E-state index in [1.54, 1.807) is 0 Å². The van der Waals surface area contributed by atoms with Crippen molar-refractivity contribution in [3.05, 3.63) is 60.3 Å². The van der Waals surface area contributed by atoms with Gasteiger partial charge in [-0.1, -0.05) is 58.4 Å². The fourth-order valence-electron chi connectivity index (χ4n) is 1.44. The van der Waals surface area contributed by atoms with E-state index < -0.39 is 0 Å². The molecule has 1 unspecified atom stereocenters. The van der Waals surface area contributed by atoms with Crippen molar-refractivity contribution in [1.82, 2.24) is 4.90 Å². The largest absolute Gasteiger partial charge is 0.357 e. The van der Waals surface area contributed by atoms with Gasteiger partial charge in [0.2, 0.25) is 0 Å². The summed E-state index contributed by atoms with van der Waals surface area (Å²) in [5.41, 5.74) is 1.33. The molecule has 3 heteroatoms. The van der Waals surface area contributed by atoms with Crippen LogP contribution in [0.15, 0.2) is 54.8 Å². The molecule has 15 heavy (non-hydrogen) atoms. The van der Waals surface area contributed by atoms with Gasteiger partial charge in [0.1, 0.15) is 4.95 Å². The van der Waals surface area contributed by atoms with E-state index in [0.717, 1.165) is 6.54 Å². The van der Waals surface area contributed by atoms with Crippen molar-refractivity contribution in [2.45, 2.75) is 11.5 Å². The van der Waals surface area contributed by atoms with Crippen LogP contribution in [0.1, 0.15) is 5.56 Å². The molecule has 0 spiro atoms. The summed E-state index contributed by atoms with van der Waals surface area (Å²) in [6.07, 6.45) is 8.34. The van der Waals surface area contributed by atoms with Crippen LogP contribution in [0.25, 0.3) is 0 Å². The smallest absolute Gasteiger partial charge is 0.103 e. The van der Waals surface area contributed by atoms with Gasteiger partial charge in [0, 0.05) is 12.7 Å². The average molecular weight is 331 g/mol. The van der Waals surface area contributed by atoms with Crippen molar-refractivity contribution in [3.8, 4) is 0 Å². The number of allylic oxidation sites excluding steroid dienone is 2. The minimum absolute atomic E-state index is 0. The molecule has 1 aliphatic rings. The molecule has 0 radical (unpaired) electrons. The quantitative estimate of drug-likeness (QED) is 0.587. The Labute approximate surface area is 109 Å². The predicted octanol–water partition coefficient (Wildman–Crippen LogP) is 3.87. The van der Waals surface area contributed by atoms with E-state index in [4.69, 9.17) is 0 Å². The monoisotopic (exact) mass is 329 g/mol. The van der Waals surface area contributed by atoms with Crippen LogP contribution < -0.4 is 0 Å². The normalized spacial score (nSPS) is 18.7. The van der Waals surface area contributed by atoms with Crippen LogP contribution in [0, 0.1) is 0 Å². The summed E-state index contributed by atoms with van der Waals surface area (Å²) in [6, 6.07) is 10.5. The van der Waals surface area contributed by atoms with Crippen molar-refractivity contribution >= 4 is 32.9 Å². The second kappa shape index (κ2) is 6.13. The number of nitrogens with zero attached hydrogens (tertiary/aromatic N) is 1. The fourth-order valence-corrected chi connectivity index (χ4v) is 1.90. The molecule has 1 nitrogen and oxygen atoms in total. The predicted molar refractivity (Wildman–Crippen MR) is 73.3 cm³/mol. The number of hydrogen-bond acceptors (Lipinski definition) is 1. The average Bonchev–Trinajstić information content (AvgIpc) is 2.23. The molecular weight excluding hydrogens is 318 g/mol. The van der Waals surface area contributed by atoms with E-state index in [9.17, 15) is 0 Å². The summed E-state index contributed by atoms with van der Waals surface area (Å²) >= 11 is 3.60. The highest BCUT2D eigenvalue weighted by atomic mass is 79.9. The van der Waals surface area contributed by atoms with Gasteiger partial charge in [-0.15, -0.1) is 17.0 Å². The number of halogens is 2. The van der Waals surface area contributed by atoms with Crippen LogP contribution in [0.2, 0.25) is 0 Å². The third kappa shape index (κ3) is 3.50. The van der Waals surface area contributed by atoms with Crippen LogP contribution in [0.4, 0.5) is 0 Å². The fraction of sp³-hybridized carbons (Fsp3) is 0.167. The second-order valence-corrected chi connectivity index (χ2v) is 4.20. The summed E-state index contributed by atoms with van der Waals surface area (Å²) in [6.45, 7) is 0.942. The minimum Gasteiger partial charge on any atom is -0.357 e. The van der Waals surface area contributed by atoms with Crippen molar-refractivity contribution < 1.29 is 0 Å². The van der Waals surface area contributed by atoms with E-state index in [2.05, 4.69) is 69.5 Å². The molecule has 0 aliphatic carbocycles. The van der Waals surface area contributed by atoms with Crippen LogP contribution in [0.3, 0.4) is 0 Å². The molecule has 0 fully saturated rings. The number of rotatable bonds is 2. The van der Waals surface area contributed by atoms with Gasteiger partial charge in [-0.05, 0) is 11.6 Å². The zero-order valence-electron chi connectivity index (χ0n) is 8.21. The Morgan fingerprint density at radius 2 is 1.87 bits per heavy atom. The van der Waals surface area contributed by atoms with Gasteiger partial charge < -0.3 is 4.90 Å². The molecule has 0 amide bonds. The summed E-state index contributed by atoms with van der Waals surface area (Å²) in [4.78, 5) is 2.56.